The van der Waals surface area contributed by atoms with Gasteiger partial charge >= 0.3 is 11.8 Å². The molecular formula is C19H20FN3O9. The number of aryl methyl sites for hydroxylation is 1. The van der Waals surface area contributed by atoms with Crippen molar-refractivity contribution in [2.45, 2.75) is 38.2 Å². The second-order valence-electron chi connectivity index (χ2n) is 7.06. The fourth-order valence-electron chi connectivity index (χ4n) is 3.23. The van der Waals surface area contributed by atoms with Crippen LogP contribution in [0.2, 0.25) is 0 Å². The number of benzene rings is 1. The van der Waals surface area contributed by atoms with Crippen molar-refractivity contribution >= 4 is 11.8 Å². The van der Waals surface area contributed by atoms with Gasteiger partial charge in [-0.2, -0.15) is 0 Å². The molecule has 1 aromatic heterocycles. The van der Waals surface area contributed by atoms with E-state index in [1.807, 2.05) is 0 Å². The number of ether oxygens (including phenoxy) is 3. The quantitative estimate of drug-likeness (QED) is 0.353. The zero-order valence-corrected chi connectivity index (χ0v) is 16.9. The topological polar surface area (TPSA) is 163 Å². The molecule has 1 aromatic carbocycles. The summed E-state index contributed by atoms with van der Waals surface area (Å²) in [5, 5.41) is 21.1. The lowest BCUT2D eigenvalue weighted by molar-refractivity contribution is -0.385. The molecule has 1 aliphatic rings. The first kappa shape index (κ1) is 23.1. The number of nitrogens with zero attached hydrogens (tertiary/aromatic N) is 2. The number of aliphatic hydroxyl groups is 1. The molecule has 3 rings (SSSR count). The van der Waals surface area contributed by atoms with Gasteiger partial charge in [0.1, 0.15) is 24.8 Å². The van der Waals surface area contributed by atoms with Gasteiger partial charge < -0.3 is 19.3 Å². The molecule has 1 aliphatic heterocycles. The number of aromatic amines is 1. The van der Waals surface area contributed by atoms with E-state index in [0.29, 0.717) is 0 Å². The molecule has 0 radical (unpaired) electrons. The molecule has 0 saturated carbocycles. The number of carbonyl (C=O) groups is 1. The Labute approximate surface area is 179 Å². The highest BCUT2D eigenvalue weighted by molar-refractivity contribution is 5.59. The molecule has 0 unspecified atom stereocenters. The van der Waals surface area contributed by atoms with Crippen LogP contribution < -0.4 is 11.2 Å². The average Bonchev–Trinajstić information content (AvgIpc) is 3.10. The molecule has 0 spiro atoms. The average molecular weight is 453 g/mol. The molecule has 2 aromatic rings. The fraction of sp³-hybridized carbons (Fsp3) is 0.421. The molecule has 0 aliphatic carbocycles. The number of nitro benzene ring substituents is 1. The summed E-state index contributed by atoms with van der Waals surface area (Å²) in [7, 11) is 0. The highest BCUT2D eigenvalue weighted by Gasteiger charge is 2.36. The Morgan fingerprint density at radius 1 is 1.41 bits per heavy atom. The summed E-state index contributed by atoms with van der Waals surface area (Å²) in [4.78, 5) is 47.6. The van der Waals surface area contributed by atoms with E-state index in [-0.39, 0.29) is 30.6 Å². The zero-order chi connectivity index (χ0) is 23.4. The van der Waals surface area contributed by atoms with E-state index < -0.39 is 58.9 Å². The number of aliphatic hydroxyl groups excluding tert-OH is 1. The van der Waals surface area contributed by atoms with Crippen molar-refractivity contribution in [1.82, 2.24) is 9.55 Å². The van der Waals surface area contributed by atoms with Gasteiger partial charge in [-0.25, -0.2) is 14.0 Å². The van der Waals surface area contributed by atoms with Crippen LogP contribution in [-0.4, -0.2) is 51.2 Å². The maximum absolute atomic E-state index is 13.8. The van der Waals surface area contributed by atoms with E-state index in [9.17, 15) is 34.0 Å². The smallest absolute Gasteiger partial charge is 0.434 e. The first-order valence-electron chi connectivity index (χ1n) is 9.54. The number of nitrogens with one attached hydrogen (secondary N) is 1. The number of hydrogen-bond donors (Lipinski definition) is 2. The van der Waals surface area contributed by atoms with E-state index in [4.69, 9.17) is 14.2 Å². The van der Waals surface area contributed by atoms with Gasteiger partial charge in [0.05, 0.1) is 23.2 Å². The maximum atomic E-state index is 13.8. The molecule has 2 N–H and O–H groups in total. The van der Waals surface area contributed by atoms with Gasteiger partial charge in [0.2, 0.25) is 0 Å². The van der Waals surface area contributed by atoms with Crippen molar-refractivity contribution in [3.63, 3.8) is 0 Å². The van der Waals surface area contributed by atoms with Gasteiger partial charge in [-0.1, -0.05) is 6.07 Å². The predicted molar refractivity (Wildman–Crippen MR) is 105 cm³/mol. The van der Waals surface area contributed by atoms with Crippen LogP contribution in [0.1, 0.15) is 23.8 Å². The highest BCUT2D eigenvalue weighted by Crippen LogP contribution is 2.28. The summed E-state index contributed by atoms with van der Waals surface area (Å²) >= 11 is 0. The van der Waals surface area contributed by atoms with Gasteiger partial charge in [0.25, 0.3) is 11.2 Å². The van der Waals surface area contributed by atoms with Crippen molar-refractivity contribution in [3.05, 3.63) is 72.3 Å². The van der Waals surface area contributed by atoms with Crippen LogP contribution in [0.4, 0.5) is 14.9 Å². The molecule has 172 valence electrons. The zero-order valence-electron chi connectivity index (χ0n) is 16.9. The molecule has 3 atom stereocenters. The number of halogens is 1. The van der Waals surface area contributed by atoms with Crippen molar-refractivity contribution < 1.29 is 33.4 Å². The minimum atomic E-state index is -1.14. The van der Waals surface area contributed by atoms with Crippen LogP contribution in [0.15, 0.2) is 34.0 Å². The molecule has 1 saturated heterocycles. The van der Waals surface area contributed by atoms with Crippen LogP contribution in [0.3, 0.4) is 0 Å². The van der Waals surface area contributed by atoms with Gasteiger partial charge in [-0.3, -0.25) is 24.5 Å². The number of carbonyl (C=O) groups excluding carboxylic acids is 1. The van der Waals surface area contributed by atoms with Crippen molar-refractivity contribution in [1.29, 1.82) is 0 Å². The molecule has 0 bridgehead atoms. The lowest BCUT2D eigenvalue weighted by Crippen LogP contribution is -2.33. The SMILES string of the molecule is Cc1cn([C@H]2C[C@H](O)[C@@H](COC(=O)OCCc3c(F)cccc3[N+](=O)[O-])O2)c(=O)[nH]c1=O. The first-order chi connectivity index (χ1) is 15.2. The first-order valence-corrected chi connectivity index (χ1v) is 9.54. The second-order valence-corrected chi connectivity index (χ2v) is 7.06. The third-order valence-corrected chi connectivity index (χ3v) is 4.89. The third-order valence-electron chi connectivity index (χ3n) is 4.89. The van der Waals surface area contributed by atoms with E-state index in [2.05, 4.69) is 4.98 Å². The van der Waals surface area contributed by atoms with Gasteiger partial charge in [0.15, 0.2) is 0 Å². The lowest BCUT2D eigenvalue weighted by atomic mass is 10.1. The second kappa shape index (κ2) is 9.70. The molecule has 1 fully saturated rings. The minimum Gasteiger partial charge on any atom is -0.434 e. The molecule has 2 heterocycles. The monoisotopic (exact) mass is 453 g/mol. The standard InChI is InChI=1S/C19H20FN3O9/c1-10-8-22(18(26)21-17(10)25)16-7-14(24)15(32-16)9-31-19(27)30-6-5-11-12(20)3-2-4-13(11)23(28)29/h2-4,8,14-16,24H,5-7,9H2,1H3,(H,21,25,26)/t14-,15+,16+/m0/s1. The number of rotatable bonds is 7. The summed E-state index contributed by atoms with van der Waals surface area (Å²) in [6.45, 7) is 0.740. The van der Waals surface area contributed by atoms with Crippen molar-refractivity contribution in [2.75, 3.05) is 13.2 Å². The summed E-state index contributed by atoms with van der Waals surface area (Å²) < 4.78 is 30.2. The number of hydrogen-bond acceptors (Lipinski definition) is 9. The van der Waals surface area contributed by atoms with E-state index in [0.717, 1.165) is 16.7 Å². The predicted octanol–water partition coefficient (Wildman–Crippen LogP) is 0.937. The Kier molecular flexibility index (Phi) is 7.00. The lowest BCUT2D eigenvalue weighted by Gasteiger charge is -2.16. The van der Waals surface area contributed by atoms with E-state index in [1.54, 1.807) is 0 Å². The number of nitro groups is 1. The molecule has 32 heavy (non-hydrogen) atoms. The molecule has 12 nitrogen and oxygen atoms in total. The third kappa shape index (κ3) is 5.18. The van der Waals surface area contributed by atoms with Crippen LogP contribution >= 0.6 is 0 Å². The summed E-state index contributed by atoms with van der Waals surface area (Å²) in [5.41, 5.74) is -1.59. The molecule has 13 heteroatoms. The molecular weight excluding hydrogens is 433 g/mol. The van der Waals surface area contributed by atoms with Crippen LogP contribution in [0.25, 0.3) is 0 Å². The maximum Gasteiger partial charge on any atom is 0.508 e. The van der Waals surface area contributed by atoms with Crippen LogP contribution in [0, 0.1) is 22.9 Å². The Hall–Kier alpha value is -3.58. The Morgan fingerprint density at radius 3 is 2.88 bits per heavy atom. The molecule has 0 amide bonds. The Balaban J connectivity index is 1.51. The van der Waals surface area contributed by atoms with E-state index >= 15 is 0 Å². The summed E-state index contributed by atoms with van der Waals surface area (Å²) in [5.74, 6) is -0.794. The van der Waals surface area contributed by atoms with Gasteiger partial charge in [-0.05, 0) is 13.0 Å². The highest BCUT2D eigenvalue weighted by atomic mass is 19.1. The summed E-state index contributed by atoms with van der Waals surface area (Å²) in [6.07, 6.45) is -2.95. The Morgan fingerprint density at radius 2 is 2.16 bits per heavy atom. The van der Waals surface area contributed by atoms with Crippen LogP contribution in [-0.2, 0) is 20.6 Å². The van der Waals surface area contributed by atoms with Gasteiger partial charge in [0, 0.05) is 30.7 Å². The van der Waals surface area contributed by atoms with Crippen LogP contribution in [0.5, 0.6) is 0 Å². The van der Waals surface area contributed by atoms with Gasteiger partial charge in [-0.15, -0.1) is 0 Å². The number of aromatic nitrogens is 2. The number of H-pyrrole nitrogens is 1. The van der Waals surface area contributed by atoms with E-state index in [1.165, 1.54) is 19.2 Å². The Bertz CT molecular complexity index is 1130. The summed E-state index contributed by atoms with van der Waals surface area (Å²) in [6, 6.07) is 3.40. The normalized spacial score (nSPS) is 20.2. The van der Waals surface area contributed by atoms with Crippen molar-refractivity contribution in [3.8, 4) is 0 Å². The van der Waals surface area contributed by atoms with Crippen molar-refractivity contribution in [2.24, 2.45) is 0 Å². The minimum absolute atomic E-state index is 0.0193. The largest absolute Gasteiger partial charge is 0.508 e. The fourth-order valence-corrected chi connectivity index (χ4v) is 3.23.